The van der Waals surface area contributed by atoms with Crippen LogP contribution in [-0.2, 0) is 5.60 Å². The molecule has 1 aliphatic heterocycles. The van der Waals surface area contributed by atoms with Gasteiger partial charge in [0.1, 0.15) is 11.4 Å². The molecule has 0 bridgehead atoms. The van der Waals surface area contributed by atoms with E-state index in [1.807, 2.05) is 0 Å². The lowest BCUT2D eigenvalue weighted by atomic mass is 9.92. The Bertz CT molecular complexity index is 577. The second-order valence-corrected chi connectivity index (χ2v) is 8.19. The number of furan rings is 1. The average molecular weight is 504 g/mol. The minimum absolute atomic E-state index is 0. The van der Waals surface area contributed by atoms with Crippen LogP contribution in [-0.4, -0.2) is 54.2 Å². The van der Waals surface area contributed by atoms with Crippen LogP contribution < -0.4 is 10.6 Å². The van der Waals surface area contributed by atoms with Crippen LogP contribution in [0.1, 0.15) is 64.6 Å². The summed E-state index contributed by atoms with van der Waals surface area (Å²) in [4.78, 5) is 7.31. The van der Waals surface area contributed by atoms with Crippen LogP contribution in [0.3, 0.4) is 0 Å². The maximum Gasteiger partial charge on any atom is 0.191 e. The number of aliphatic hydroxyl groups is 1. The van der Waals surface area contributed by atoms with Crippen molar-refractivity contribution in [2.24, 2.45) is 4.99 Å². The molecular formula is C21H37IN4O2. The molecule has 1 aliphatic carbocycles. The molecule has 0 aromatic carbocycles. The summed E-state index contributed by atoms with van der Waals surface area (Å²) in [5, 5.41) is 17.5. The summed E-state index contributed by atoms with van der Waals surface area (Å²) < 4.78 is 5.34. The molecular weight excluding hydrogens is 467 g/mol. The minimum atomic E-state index is -1.10. The number of guanidine groups is 1. The summed E-state index contributed by atoms with van der Waals surface area (Å²) in [7, 11) is 0. The van der Waals surface area contributed by atoms with E-state index in [2.05, 4.69) is 27.4 Å². The highest BCUT2D eigenvalue weighted by Gasteiger charge is 2.28. The van der Waals surface area contributed by atoms with Gasteiger partial charge in [0.05, 0.1) is 12.8 Å². The molecule has 7 heteroatoms. The molecule has 1 atom stereocenters. The highest BCUT2D eigenvalue weighted by molar-refractivity contribution is 14.0. The maximum absolute atomic E-state index is 10.6. The molecule has 0 spiro atoms. The number of hydrogen-bond acceptors (Lipinski definition) is 4. The number of aliphatic imine (C=N–C) groups is 1. The molecule has 2 fully saturated rings. The molecule has 3 N–H and O–H groups in total. The van der Waals surface area contributed by atoms with Crippen LogP contribution in [0, 0.1) is 0 Å². The van der Waals surface area contributed by atoms with Crippen molar-refractivity contribution in [3.63, 3.8) is 0 Å². The maximum atomic E-state index is 10.6. The van der Waals surface area contributed by atoms with Crippen LogP contribution in [0.25, 0.3) is 0 Å². The van der Waals surface area contributed by atoms with Crippen molar-refractivity contribution in [3.05, 3.63) is 24.2 Å². The summed E-state index contributed by atoms with van der Waals surface area (Å²) in [6.07, 6.45) is 10.8. The van der Waals surface area contributed by atoms with Crippen molar-refractivity contribution in [1.29, 1.82) is 0 Å². The van der Waals surface area contributed by atoms with Crippen molar-refractivity contribution < 1.29 is 9.52 Å². The van der Waals surface area contributed by atoms with E-state index in [9.17, 15) is 5.11 Å². The first-order chi connectivity index (χ1) is 13.1. The Morgan fingerprint density at radius 2 is 1.96 bits per heavy atom. The smallest absolute Gasteiger partial charge is 0.191 e. The lowest BCUT2D eigenvalue weighted by Crippen LogP contribution is -2.51. The summed E-state index contributed by atoms with van der Waals surface area (Å²) >= 11 is 0. The monoisotopic (exact) mass is 504 g/mol. The number of halogens is 1. The lowest BCUT2D eigenvalue weighted by Gasteiger charge is -2.39. The molecule has 3 rings (SSSR count). The normalized spacial score (nSPS) is 22.3. The van der Waals surface area contributed by atoms with Gasteiger partial charge in [-0.15, -0.1) is 24.0 Å². The van der Waals surface area contributed by atoms with Gasteiger partial charge in [0.2, 0.25) is 0 Å². The number of hydrogen-bond donors (Lipinski definition) is 3. The highest BCUT2D eigenvalue weighted by Crippen LogP contribution is 2.25. The zero-order valence-electron chi connectivity index (χ0n) is 17.3. The summed E-state index contributed by atoms with van der Waals surface area (Å²) in [5.74, 6) is 1.32. The Morgan fingerprint density at radius 1 is 1.25 bits per heavy atom. The third-order valence-corrected chi connectivity index (χ3v) is 5.90. The van der Waals surface area contributed by atoms with E-state index >= 15 is 0 Å². The van der Waals surface area contributed by atoms with Crippen molar-refractivity contribution in [2.75, 3.05) is 26.2 Å². The third-order valence-electron chi connectivity index (χ3n) is 5.90. The fraction of sp³-hybridized carbons (Fsp3) is 0.762. The van der Waals surface area contributed by atoms with E-state index < -0.39 is 5.60 Å². The van der Waals surface area contributed by atoms with Crippen LogP contribution in [0.15, 0.2) is 27.8 Å². The number of likely N-dealkylation sites (tertiary alicyclic amines) is 1. The molecule has 2 aliphatic rings. The molecule has 6 nitrogen and oxygen atoms in total. The Kier molecular flexibility index (Phi) is 9.56. The Hall–Kier alpha value is -0.800. The van der Waals surface area contributed by atoms with Gasteiger partial charge in [0.15, 0.2) is 5.96 Å². The highest BCUT2D eigenvalue weighted by atomic mass is 127. The summed E-state index contributed by atoms with van der Waals surface area (Å²) in [6, 6.07) is 4.83. The Morgan fingerprint density at radius 3 is 2.57 bits per heavy atom. The van der Waals surface area contributed by atoms with E-state index in [0.717, 1.165) is 31.4 Å². The first kappa shape index (κ1) is 23.5. The second kappa shape index (κ2) is 11.4. The molecule has 1 aromatic rings. The van der Waals surface area contributed by atoms with Crippen molar-refractivity contribution in [1.82, 2.24) is 15.5 Å². The van der Waals surface area contributed by atoms with Gasteiger partial charge in [0, 0.05) is 31.7 Å². The molecule has 1 saturated carbocycles. The molecule has 28 heavy (non-hydrogen) atoms. The van der Waals surface area contributed by atoms with Crippen molar-refractivity contribution in [2.45, 2.75) is 76.5 Å². The van der Waals surface area contributed by atoms with Gasteiger partial charge in [-0.3, -0.25) is 0 Å². The predicted molar refractivity (Wildman–Crippen MR) is 124 cm³/mol. The fourth-order valence-corrected chi connectivity index (χ4v) is 4.26. The number of rotatable bonds is 6. The number of nitrogens with zero attached hydrogens (tertiary/aromatic N) is 2. The van der Waals surface area contributed by atoms with Crippen LogP contribution in [0.5, 0.6) is 0 Å². The summed E-state index contributed by atoms with van der Waals surface area (Å²) in [5.41, 5.74) is -1.10. The van der Waals surface area contributed by atoms with Gasteiger partial charge >= 0.3 is 0 Å². The topological polar surface area (TPSA) is 73.0 Å². The minimum Gasteiger partial charge on any atom is -0.466 e. The molecule has 1 unspecified atom stereocenters. The first-order valence-corrected chi connectivity index (χ1v) is 10.6. The molecule has 1 aromatic heterocycles. The lowest BCUT2D eigenvalue weighted by molar-refractivity contribution is 0.0436. The molecule has 160 valence electrons. The third kappa shape index (κ3) is 6.62. The van der Waals surface area contributed by atoms with E-state index in [-0.39, 0.29) is 30.5 Å². The standard InChI is InChI=1S/C21H36N4O2.HI/c1-3-22-20(23-16-21(2,26)19-10-7-15-27-19)24-17-11-13-25(14-12-17)18-8-5-4-6-9-18;/h7,10,15,17-18,26H,3-6,8-9,11-14,16H2,1-2H3,(H2,22,23,24);1H. The predicted octanol–water partition coefficient (Wildman–Crippen LogP) is 3.46. The van der Waals surface area contributed by atoms with Gasteiger partial charge in [-0.1, -0.05) is 19.3 Å². The van der Waals surface area contributed by atoms with Gasteiger partial charge in [0.25, 0.3) is 0 Å². The van der Waals surface area contributed by atoms with E-state index in [0.29, 0.717) is 11.8 Å². The van der Waals surface area contributed by atoms with E-state index in [4.69, 9.17) is 4.42 Å². The quantitative estimate of drug-likeness (QED) is 0.315. The summed E-state index contributed by atoms with van der Waals surface area (Å²) in [6.45, 7) is 7.21. The molecule has 0 radical (unpaired) electrons. The zero-order chi connectivity index (χ0) is 19.1. The van der Waals surface area contributed by atoms with Gasteiger partial charge in [-0.2, -0.15) is 0 Å². The average Bonchev–Trinajstić information content (AvgIpc) is 3.24. The van der Waals surface area contributed by atoms with Crippen molar-refractivity contribution >= 4 is 29.9 Å². The number of nitrogens with one attached hydrogen (secondary N) is 2. The van der Waals surface area contributed by atoms with Crippen LogP contribution in [0.4, 0.5) is 0 Å². The van der Waals surface area contributed by atoms with Gasteiger partial charge < -0.3 is 25.1 Å². The largest absolute Gasteiger partial charge is 0.466 e. The van der Waals surface area contributed by atoms with E-state index in [1.54, 1.807) is 25.3 Å². The fourth-order valence-electron chi connectivity index (χ4n) is 4.26. The Balaban J connectivity index is 0.00000280. The van der Waals surface area contributed by atoms with Crippen LogP contribution in [0.2, 0.25) is 0 Å². The van der Waals surface area contributed by atoms with E-state index in [1.165, 1.54) is 45.2 Å². The first-order valence-electron chi connectivity index (χ1n) is 10.6. The van der Waals surface area contributed by atoms with Crippen molar-refractivity contribution in [3.8, 4) is 0 Å². The Labute approximate surface area is 186 Å². The number of piperidine rings is 1. The van der Waals surface area contributed by atoms with Crippen LogP contribution >= 0.6 is 24.0 Å². The molecule has 2 heterocycles. The molecule has 0 amide bonds. The van der Waals surface area contributed by atoms with Gasteiger partial charge in [-0.05, 0) is 51.7 Å². The SMILES string of the molecule is CCNC(=NCC(C)(O)c1ccco1)NC1CCN(C2CCCCC2)CC1.I. The second-order valence-electron chi connectivity index (χ2n) is 8.19. The zero-order valence-corrected chi connectivity index (χ0v) is 19.7. The van der Waals surface area contributed by atoms with Gasteiger partial charge in [-0.25, -0.2) is 4.99 Å². The molecule has 1 saturated heterocycles.